The number of amides is 2. The van der Waals surface area contributed by atoms with Crippen LogP contribution in [0, 0.1) is 0 Å². The van der Waals surface area contributed by atoms with Crippen LogP contribution in [-0.2, 0) is 25.5 Å². The SMILES string of the molecule is C=CCOC(=O)C1=C(Cl)CS[C@H]2[C@H](NC(=O)Cc3cccs3)C(=O)N12. The van der Waals surface area contributed by atoms with Crippen LogP contribution in [0.5, 0.6) is 0 Å². The number of nitrogens with zero attached hydrogens (tertiary/aromatic N) is 1. The fourth-order valence-corrected chi connectivity index (χ4v) is 4.82. The van der Waals surface area contributed by atoms with E-state index in [1.807, 2.05) is 17.5 Å². The number of hydrogen-bond donors (Lipinski definition) is 1. The number of hydrogen-bond acceptors (Lipinski definition) is 6. The third kappa shape index (κ3) is 3.61. The van der Waals surface area contributed by atoms with Gasteiger partial charge in [-0.15, -0.1) is 23.1 Å². The van der Waals surface area contributed by atoms with Crippen molar-refractivity contribution in [1.82, 2.24) is 10.2 Å². The van der Waals surface area contributed by atoms with Gasteiger partial charge in [0.15, 0.2) is 0 Å². The molecule has 1 saturated heterocycles. The lowest BCUT2D eigenvalue weighted by atomic mass is 10.0. The summed E-state index contributed by atoms with van der Waals surface area (Å²) in [6, 6.07) is 3.07. The second-order valence-corrected chi connectivity index (χ2v) is 7.95. The summed E-state index contributed by atoms with van der Waals surface area (Å²) < 4.78 is 5.00. The van der Waals surface area contributed by atoms with Crippen molar-refractivity contribution in [3.8, 4) is 0 Å². The van der Waals surface area contributed by atoms with E-state index in [0.717, 1.165) is 4.88 Å². The molecule has 25 heavy (non-hydrogen) atoms. The zero-order valence-electron chi connectivity index (χ0n) is 13.1. The van der Waals surface area contributed by atoms with Gasteiger partial charge in [-0.05, 0) is 11.4 Å². The number of thioether (sulfide) groups is 1. The molecule has 0 spiro atoms. The molecule has 0 unspecified atom stereocenters. The number of esters is 1. The van der Waals surface area contributed by atoms with Crippen molar-refractivity contribution in [2.45, 2.75) is 17.8 Å². The Labute approximate surface area is 157 Å². The highest BCUT2D eigenvalue weighted by Crippen LogP contribution is 2.41. The topological polar surface area (TPSA) is 75.7 Å². The summed E-state index contributed by atoms with van der Waals surface area (Å²) in [6.07, 6.45) is 1.66. The number of halogens is 1. The fourth-order valence-electron chi connectivity index (χ4n) is 2.57. The number of thiophene rings is 1. The first-order chi connectivity index (χ1) is 12.0. The number of β-lactam (4-membered cyclic amide) rings is 1. The number of fused-ring (bicyclic) bond motifs is 1. The van der Waals surface area contributed by atoms with Gasteiger partial charge in [0.25, 0.3) is 5.91 Å². The molecule has 0 bridgehead atoms. The number of carbonyl (C=O) groups is 3. The number of rotatable bonds is 6. The summed E-state index contributed by atoms with van der Waals surface area (Å²) >= 11 is 9.00. The molecule has 0 aromatic carbocycles. The van der Waals surface area contributed by atoms with Gasteiger partial charge in [-0.2, -0.15) is 0 Å². The van der Waals surface area contributed by atoms with Crippen molar-refractivity contribution in [2.24, 2.45) is 0 Å². The lowest BCUT2D eigenvalue weighted by molar-refractivity contribution is -0.152. The van der Waals surface area contributed by atoms with E-state index in [4.69, 9.17) is 16.3 Å². The van der Waals surface area contributed by atoms with E-state index in [-0.39, 0.29) is 40.9 Å². The minimum atomic E-state index is -0.663. The normalized spacial score (nSPS) is 22.1. The largest absolute Gasteiger partial charge is 0.457 e. The molecule has 1 aromatic rings. The summed E-state index contributed by atoms with van der Waals surface area (Å²) in [6.45, 7) is 3.51. The molecule has 0 aliphatic carbocycles. The summed E-state index contributed by atoms with van der Waals surface area (Å²) in [4.78, 5) is 38.9. The second kappa shape index (κ2) is 7.63. The number of ether oxygens (including phenoxy) is 1. The molecule has 3 rings (SSSR count). The summed E-state index contributed by atoms with van der Waals surface area (Å²) in [7, 11) is 0. The van der Waals surface area contributed by atoms with Crippen LogP contribution in [0.2, 0.25) is 0 Å². The second-order valence-electron chi connectivity index (χ2n) is 5.35. The minimum absolute atomic E-state index is 0.0350. The van der Waals surface area contributed by atoms with E-state index in [1.165, 1.54) is 34.1 Å². The van der Waals surface area contributed by atoms with Crippen LogP contribution in [0.4, 0.5) is 0 Å². The average molecular weight is 399 g/mol. The highest BCUT2D eigenvalue weighted by atomic mass is 35.5. The molecule has 1 aromatic heterocycles. The van der Waals surface area contributed by atoms with Crippen molar-refractivity contribution in [3.63, 3.8) is 0 Å². The van der Waals surface area contributed by atoms with Crippen molar-refractivity contribution in [3.05, 3.63) is 45.8 Å². The van der Waals surface area contributed by atoms with Gasteiger partial charge in [0.2, 0.25) is 5.91 Å². The third-order valence-corrected chi connectivity index (χ3v) is 6.31. The van der Waals surface area contributed by atoms with Crippen LogP contribution < -0.4 is 5.32 Å². The molecule has 1 fully saturated rings. The standard InChI is InChI=1S/C16H15ClN2O4S2/c1-2-5-23-16(22)13-10(17)8-25-15-12(14(21)19(13)15)18-11(20)7-9-4-3-6-24-9/h2-4,6,12,15H,1,5,7-8H2,(H,18,20)/t12-,15+/m1/s1. The molecule has 132 valence electrons. The van der Waals surface area contributed by atoms with Gasteiger partial charge in [-0.25, -0.2) is 4.79 Å². The third-order valence-electron chi connectivity index (χ3n) is 3.68. The molecule has 3 heterocycles. The summed E-state index contributed by atoms with van der Waals surface area (Å²) in [5.41, 5.74) is 0.0565. The van der Waals surface area contributed by atoms with E-state index in [9.17, 15) is 14.4 Å². The van der Waals surface area contributed by atoms with E-state index in [2.05, 4.69) is 11.9 Å². The lowest BCUT2D eigenvalue weighted by Crippen LogP contribution is -2.70. The zero-order chi connectivity index (χ0) is 18.0. The van der Waals surface area contributed by atoms with Crippen molar-refractivity contribution < 1.29 is 19.1 Å². The summed E-state index contributed by atoms with van der Waals surface area (Å²) in [5.74, 6) is -0.865. The molecule has 0 radical (unpaired) electrons. The maximum absolute atomic E-state index is 12.4. The Morgan fingerprint density at radius 1 is 1.52 bits per heavy atom. The maximum atomic E-state index is 12.4. The molecule has 2 aliphatic rings. The van der Waals surface area contributed by atoms with Crippen LogP contribution in [-0.4, -0.2) is 46.5 Å². The quantitative estimate of drug-likeness (QED) is 0.450. The number of nitrogens with one attached hydrogen (secondary N) is 1. The molecule has 1 N–H and O–H groups in total. The van der Waals surface area contributed by atoms with E-state index in [0.29, 0.717) is 5.75 Å². The minimum Gasteiger partial charge on any atom is -0.457 e. The molecule has 0 saturated carbocycles. The van der Waals surface area contributed by atoms with Crippen molar-refractivity contribution in [2.75, 3.05) is 12.4 Å². The highest BCUT2D eigenvalue weighted by Gasteiger charge is 2.54. The van der Waals surface area contributed by atoms with E-state index in [1.54, 1.807) is 0 Å². The lowest BCUT2D eigenvalue weighted by Gasteiger charge is -2.49. The van der Waals surface area contributed by atoms with Gasteiger partial charge in [-0.1, -0.05) is 30.3 Å². The van der Waals surface area contributed by atoms with Gasteiger partial charge in [0.05, 0.1) is 11.5 Å². The Hall–Kier alpha value is -1.77. The Kier molecular flexibility index (Phi) is 5.51. The monoisotopic (exact) mass is 398 g/mol. The molecule has 9 heteroatoms. The molecule has 2 amide bonds. The van der Waals surface area contributed by atoms with Gasteiger partial charge in [0, 0.05) is 10.6 Å². The predicted molar refractivity (Wildman–Crippen MR) is 97.1 cm³/mol. The Morgan fingerprint density at radius 2 is 2.32 bits per heavy atom. The molecule has 2 aliphatic heterocycles. The van der Waals surface area contributed by atoms with Crippen LogP contribution >= 0.6 is 34.7 Å². The van der Waals surface area contributed by atoms with Gasteiger partial charge < -0.3 is 10.1 Å². The average Bonchev–Trinajstić information content (AvgIpc) is 3.10. The van der Waals surface area contributed by atoms with Crippen LogP contribution in [0.15, 0.2) is 40.9 Å². The molecule has 2 atom stereocenters. The molecular formula is C16H15ClN2O4S2. The highest BCUT2D eigenvalue weighted by molar-refractivity contribution is 8.00. The van der Waals surface area contributed by atoms with Crippen molar-refractivity contribution >= 4 is 52.5 Å². The van der Waals surface area contributed by atoms with Crippen molar-refractivity contribution in [1.29, 1.82) is 0 Å². The van der Waals surface area contributed by atoms with Crippen LogP contribution in [0.25, 0.3) is 0 Å². The molecule has 6 nitrogen and oxygen atoms in total. The Balaban J connectivity index is 1.66. The van der Waals surface area contributed by atoms with Gasteiger partial charge in [-0.3, -0.25) is 14.5 Å². The first-order valence-corrected chi connectivity index (χ1v) is 9.76. The van der Waals surface area contributed by atoms with Crippen LogP contribution in [0.1, 0.15) is 4.88 Å². The Morgan fingerprint density at radius 3 is 3.00 bits per heavy atom. The number of carbonyl (C=O) groups excluding carboxylic acids is 3. The predicted octanol–water partition coefficient (Wildman–Crippen LogP) is 1.87. The molecular weight excluding hydrogens is 384 g/mol. The fraction of sp³-hybridized carbons (Fsp3) is 0.312. The first-order valence-electron chi connectivity index (χ1n) is 7.46. The van der Waals surface area contributed by atoms with Crippen LogP contribution in [0.3, 0.4) is 0 Å². The zero-order valence-corrected chi connectivity index (χ0v) is 15.5. The Bertz CT molecular complexity index is 747. The van der Waals surface area contributed by atoms with Gasteiger partial charge in [0.1, 0.15) is 23.7 Å². The van der Waals surface area contributed by atoms with E-state index < -0.39 is 12.0 Å². The summed E-state index contributed by atoms with van der Waals surface area (Å²) in [5, 5.41) is 4.55. The first kappa shape index (κ1) is 18.0. The smallest absolute Gasteiger partial charge is 0.356 e. The van der Waals surface area contributed by atoms with Gasteiger partial charge >= 0.3 is 5.97 Å². The maximum Gasteiger partial charge on any atom is 0.356 e. The van der Waals surface area contributed by atoms with E-state index >= 15 is 0 Å².